The highest BCUT2D eigenvalue weighted by Gasteiger charge is 2.20. The zero-order valence-corrected chi connectivity index (χ0v) is 71.4. The number of carbonyl (C=O) groups excluding carboxylic acids is 6. The third-order valence-corrected chi connectivity index (χ3v) is 17.9. The minimum Gasteiger partial charge on any atom is -0.493 e. The monoisotopic (exact) mass is 1580 g/mol. The summed E-state index contributed by atoms with van der Waals surface area (Å²) >= 11 is 2.14. The average molecular weight is 1580 g/mol. The van der Waals surface area contributed by atoms with Gasteiger partial charge in [0.25, 0.3) is 11.8 Å². The molecule has 0 bridgehead atoms. The van der Waals surface area contributed by atoms with Crippen LogP contribution in [0.1, 0.15) is 310 Å². The molecule has 0 radical (unpaired) electrons. The standard InChI is InChI=1S/C87H146N6O17S/c1-14-15-16-17-18-23-26-41-58-111-59-42-27-24-21-19-20-22-25-36-51-104-75-66-76(105-56-43-49-88-78(94)69-60-71(100-52-37-28-32-45-90-80(96)107-84(2,3)4)64-72(61-69)101-53-38-29-33-46-91-81(97)108-85(5,6)7)68-77(67-75)106-57-44-50-89-79(95)70-62-73(102-54-39-30-34-47-92-82(98)109-86(8,9)10)65-74(63-70)103-55-40-31-35-48-93-83(99)110-87(11,12)13/h60-68H,14-59H2,1-13H3,(H,88,94)(H,89,95)(H,90,96)(H,91,97)(H,92,98)(H,93,99). The lowest BCUT2D eigenvalue weighted by atomic mass is 10.1. The molecule has 0 saturated carbocycles. The van der Waals surface area contributed by atoms with Gasteiger partial charge in [0.15, 0.2) is 0 Å². The Balaban J connectivity index is 1.63. The van der Waals surface area contributed by atoms with E-state index in [4.69, 9.17) is 52.1 Å². The fourth-order valence-corrected chi connectivity index (χ4v) is 12.3. The van der Waals surface area contributed by atoms with E-state index >= 15 is 0 Å². The molecule has 0 aromatic heterocycles. The van der Waals surface area contributed by atoms with Crippen molar-refractivity contribution >= 4 is 47.9 Å². The normalized spacial score (nSPS) is 11.6. The molecule has 24 heteroatoms. The smallest absolute Gasteiger partial charge is 0.407 e. The first kappa shape index (κ1) is 97.8. The van der Waals surface area contributed by atoms with E-state index < -0.39 is 46.8 Å². The van der Waals surface area contributed by atoms with E-state index in [1.54, 1.807) is 36.4 Å². The largest absolute Gasteiger partial charge is 0.493 e. The molecule has 0 atom stereocenters. The molecule has 0 saturated heterocycles. The molecule has 111 heavy (non-hydrogen) atoms. The van der Waals surface area contributed by atoms with Crippen molar-refractivity contribution in [2.45, 2.75) is 311 Å². The van der Waals surface area contributed by atoms with Crippen molar-refractivity contribution in [1.82, 2.24) is 31.9 Å². The first-order valence-electron chi connectivity index (χ1n) is 41.9. The van der Waals surface area contributed by atoms with E-state index in [1.807, 2.05) is 101 Å². The van der Waals surface area contributed by atoms with Gasteiger partial charge in [-0.3, -0.25) is 9.59 Å². The van der Waals surface area contributed by atoms with Crippen molar-refractivity contribution in [2.75, 3.05) is 97.0 Å². The van der Waals surface area contributed by atoms with Gasteiger partial charge in [-0.25, -0.2) is 19.2 Å². The van der Waals surface area contributed by atoms with Gasteiger partial charge in [0.1, 0.15) is 62.7 Å². The van der Waals surface area contributed by atoms with Crippen molar-refractivity contribution in [3.63, 3.8) is 0 Å². The average Bonchev–Trinajstić information content (AvgIpc) is 0.871. The minimum absolute atomic E-state index is 0.287. The molecule has 0 aliphatic heterocycles. The second-order valence-corrected chi connectivity index (χ2v) is 33.6. The lowest BCUT2D eigenvalue weighted by molar-refractivity contribution is 0.0515. The summed E-state index contributed by atoms with van der Waals surface area (Å²) in [5, 5.41) is 17.3. The zero-order chi connectivity index (χ0) is 81.3. The van der Waals surface area contributed by atoms with Crippen LogP contribution in [0.3, 0.4) is 0 Å². The number of hydrogen-bond donors (Lipinski definition) is 6. The van der Waals surface area contributed by atoms with Crippen molar-refractivity contribution in [3.8, 4) is 40.2 Å². The third-order valence-electron chi connectivity index (χ3n) is 16.8. The summed E-state index contributed by atoms with van der Waals surface area (Å²) in [5.74, 6) is 5.73. The van der Waals surface area contributed by atoms with Crippen LogP contribution >= 0.6 is 11.8 Å². The number of unbranched alkanes of at least 4 members (excludes halogenated alkanes) is 23. The van der Waals surface area contributed by atoms with Crippen LogP contribution in [0.4, 0.5) is 19.2 Å². The van der Waals surface area contributed by atoms with Gasteiger partial charge in [-0.15, -0.1) is 0 Å². The Morgan fingerprint density at radius 1 is 0.252 bits per heavy atom. The molecule has 23 nitrogen and oxygen atoms in total. The molecule has 0 fully saturated rings. The van der Waals surface area contributed by atoms with Crippen LogP contribution in [0.25, 0.3) is 0 Å². The molecule has 3 aromatic carbocycles. The second-order valence-electron chi connectivity index (χ2n) is 32.4. The van der Waals surface area contributed by atoms with Gasteiger partial charge >= 0.3 is 24.4 Å². The van der Waals surface area contributed by atoms with Crippen LogP contribution < -0.4 is 65.1 Å². The highest BCUT2D eigenvalue weighted by Crippen LogP contribution is 2.30. The summed E-state index contributed by atoms with van der Waals surface area (Å²) in [7, 11) is 0. The Hall–Kier alpha value is -7.37. The van der Waals surface area contributed by atoms with Gasteiger partial charge < -0.3 is 84.0 Å². The molecule has 3 aromatic rings. The van der Waals surface area contributed by atoms with Crippen molar-refractivity contribution in [2.24, 2.45) is 0 Å². The predicted molar refractivity (Wildman–Crippen MR) is 446 cm³/mol. The summed E-state index contributed by atoms with van der Waals surface area (Å²) < 4.78 is 65.0. The van der Waals surface area contributed by atoms with Gasteiger partial charge in [-0.2, -0.15) is 11.8 Å². The van der Waals surface area contributed by atoms with Gasteiger partial charge in [0.2, 0.25) is 0 Å². The molecule has 6 N–H and O–H groups in total. The number of carbonyl (C=O) groups is 6. The number of alkyl carbamates (subject to hydrolysis) is 4. The summed E-state index contributed by atoms with van der Waals surface area (Å²) in [6, 6.07) is 16.0. The maximum Gasteiger partial charge on any atom is 0.407 e. The third kappa shape index (κ3) is 56.5. The molecule has 0 heterocycles. The molecule has 0 aliphatic carbocycles. The van der Waals surface area contributed by atoms with Crippen LogP contribution in [0, 0.1) is 0 Å². The van der Waals surface area contributed by atoms with E-state index in [-0.39, 0.29) is 25.0 Å². The Kier molecular flexibility index (Phi) is 51.5. The minimum atomic E-state index is -0.573. The van der Waals surface area contributed by atoms with E-state index in [2.05, 4.69) is 50.6 Å². The second kappa shape index (κ2) is 58.5. The molecular weight excluding hydrogens is 1430 g/mol. The van der Waals surface area contributed by atoms with Gasteiger partial charge in [-0.05, 0) is 228 Å². The fourth-order valence-electron chi connectivity index (χ4n) is 11.2. The highest BCUT2D eigenvalue weighted by molar-refractivity contribution is 7.99. The van der Waals surface area contributed by atoms with Gasteiger partial charge in [-0.1, -0.05) is 96.8 Å². The quantitative estimate of drug-likeness (QED) is 0.0226. The molecular formula is C87H146N6O17S. The number of nitrogens with one attached hydrogen (secondary N) is 6. The summed E-state index contributed by atoms with van der Waals surface area (Å²) in [6.45, 7) is 29.5. The number of rotatable bonds is 62. The fraction of sp³-hybridized carbons (Fsp3) is 0.724. The van der Waals surface area contributed by atoms with Gasteiger partial charge in [0, 0.05) is 80.7 Å². The first-order chi connectivity index (χ1) is 53.0. The number of hydrogen-bond acceptors (Lipinski definition) is 18. The summed E-state index contributed by atoms with van der Waals surface area (Å²) in [4.78, 5) is 76.1. The van der Waals surface area contributed by atoms with Crippen molar-refractivity contribution in [3.05, 3.63) is 65.7 Å². The zero-order valence-electron chi connectivity index (χ0n) is 70.6. The Labute approximate surface area is 671 Å². The number of amides is 6. The molecule has 0 aliphatic rings. The maximum atomic E-state index is 13.8. The summed E-state index contributed by atoms with van der Waals surface area (Å²) in [6.07, 6.45) is 30.2. The van der Waals surface area contributed by atoms with E-state index in [0.29, 0.717) is 137 Å². The lowest BCUT2D eigenvalue weighted by Gasteiger charge is -2.19. The molecule has 3 rings (SSSR count). The predicted octanol–water partition coefficient (Wildman–Crippen LogP) is 20.1. The maximum absolute atomic E-state index is 13.8. The number of benzene rings is 3. The molecule has 6 amide bonds. The Morgan fingerprint density at radius 3 is 0.694 bits per heavy atom. The van der Waals surface area contributed by atoms with E-state index in [0.717, 1.165) is 89.9 Å². The van der Waals surface area contributed by atoms with Gasteiger partial charge in [0.05, 0.1) is 46.2 Å². The van der Waals surface area contributed by atoms with Crippen LogP contribution in [-0.2, 0) is 18.9 Å². The number of ether oxygens (including phenoxy) is 11. The topological polar surface area (TPSA) is 276 Å². The van der Waals surface area contributed by atoms with Crippen LogP contribution in [0.15, 0.2) is 54.6 Å². The highest BCUT2D eigenvalue weighted by atomic mass is 32.2. The SMILES string of the molecule is CCCCCCCCCCSCCCCCCCCCCCOc1cc(OCCCNC(=O)c2cc(OCCCCCNC(=O)OC(C)(C)C)cc(OCCCCCNC(=O)OC(C)(C)C)c2)cc(OCCCNC(=O)c2cc(OCCCCCNC(=O)OC(C)(C)C)cc(OCCCCCNC(=O)OC(C)(C)C)c2)c1. The lowest BCUT2D eigenvalue weighted by Crippen LogP contribution is -2.33. The van der Waals surface area contributed by atoms with Crippen LogP contribution in [-0.4, -0.2) is 156 Å². The van der Waals surface area contributed by atoms with Crippen molar-refractivity contribution in [1.29, 1.82) is 0 Å². The first-order valence-corrected chi connectivity index (χ1v) is 43.1. The summed E-state index contributed by atoms with van der Waals surface area (Å²) in [5.41, 5.74) is -1.52. The van der Waals surface area contributed by atoms with Crippen LogP contribution in [0.5, 0.6) is 40.2 Å². The Bertz CT molecular complexity index is 2730. The van der Waals surface area contributed by atoms with Crippen LogP contribution in [0.2, 0.25) is 0 Å². The Morgan fingerprint density at radius 2 is 0.450 bits per heavy atom. The molecule has 0 spiro atoms. The van der Waals surface area contributed by atoms with Crippen molar-refractivity contribution < 1.29 is 80.9 Å². The van der Waals surface area contributed by atoms with E-state index in [9.17, 15) is 28.8 Å². The molecule has 0 unspecified atom stereocenters. The van der Waals surface area contributed by atoms with E-state index in [1.165, 1.54) is 108 Å². The molecule has 632 valence electrons. The number of thioether (sulfide) groups is 1.